The Morgan fingerprint density at radius 1 is 1.17 bits per heavy atom. The summed E-state index contributed by atoms with van der Waals surface area (Å²) in [7, 11) is 0. The van der Waals surface area contributed by atoms with Crippen molar-refractivity contribution >= 4 is 27.8 Å². The van der Waals surface area contributed by atoms with E-state index < -0.39 is 0 Å². The van der Waals surface area contributed by atoms with Crippen LogP contribution in [-0.2, 0) is 5.41 Å². The van der Waals surface area contributed by atoms with Crippen molar-refractivity contribution in [2.75, 3.05) is 6.61 Å². The summed E-state index contributed by atoms with van der Waals surface area (Å²) in [5.41, 5.74) is 1.99. The highest BCUT2D eigenvalue weighted by molar-refractivity contribution is 9.10. The summed E-state index contributed by atoms with van der Waals surface area (Å²) in [6.07, 6.45) is 1.52. The highest BCUT2D eigenvalue weighted by atomic mass is 79.9. The smallest absolute Gasteiger partial charge is 0.166 e. The van der Waals surface area contributed by atoms with E-state index in [0.717, 1.165) is 10.0 Å². The van der Waals surface area contributed by atoms with Gasteiger partial charge < -0.3 is 14.9 Å². The van der Waals surface area contributed by atoms with Crippen molar-refractivity contribution in [2.45, 2.75) is 33.1 Å². The first-order chi connectivity index (χ1) is 11.2. The van der Waals surface area contributed by atoms with Crippen LogP contribution in [-0.4, -0.2) is 23.0 Å². The number of rotatable bonds is 4. The van der Waals surface area contributed by atoms with Gasteiger partial charge in [-0.25, -0.2) is 0 Å². The fraction of sp³-hybridized carbons (Fsp3) is 0.316. The van der Waals surface area contributed by atoms with Crippen LogP contribution < -0.4 is 4.74 Å². The fourth-order valence-electron chi connectivity index (χ4n) is 2.19. The van der Waals surface area contributed by atoms with Crippen molar-refractivity contribution in [1.82, 2.24) is 0 Å². The highest BCUT2D eigenvalue weighted by Crippen LogP contribution is 2.35. The molecule has 0 amide bonds. The van der Waals surface area contributed by atoms with Gasteiger partial charge in [0.05, 0.1) is 6.61 Å². The molecule has 2 aromatic carbocycles. The van der Waals surface area contributed by atoms with Crippen LogP contribution in [0.25, 0.3) is 0 Å². The van der Waals surface area contributed by atoms with Crippen molar-refractivity contribution in [3.8, 4) is 17.2 Å². The molecule has 2 N–H and O–H groups in total. The number of aliphatic imine (C=N–C) groups is 1. The van der Waals surface area contributed by atoms with Crippen LogP contribution >= 0.6 is 15.9 Å². The maximum absolute atomic E-state index is 10.3. The molecule has 128 valence electrons. The average molecular weight is 392 g/mol. The molecule has 0 aromatic heterocycles. The maximum atomic E-state index is 10.3. The predicted octanol–water partition coefficient (Wildman–Crippen LogP) is 5.31. The third-order valence-electron chi connectivity index (χ3n) is 3.55. The Morgan fingerprint density at radius 2 is 1.88 bits per heavy atom. The van der Waals surface area contributed by atoms with E-state index in [4.69, 9.17) is 4.74 Å². The van der Waals surface area contributed by atoms with Gasteiger partial charge in [-0.2, -0.15) is 0 Å². The van der Waals surface area contributed by atoms with Crippen molar-refractivity contribution < 1.29 is 14.9 Å². The molecule has 5 heteroatoms. The standard InChI is InChI=1S/C19H22BrNO3/c1-5-24-17-10-14(20)8-12(18(17)23)11-21-15-9-13(19(2,3)4)6-7-16(15)22/h6-11,22-23H,5H2,1-4H3/b21-11+. The molecule has 0 bridgehead atoms. The Labute approximate surface area is 151 Å². The second-order valence-electron chi connectivity index (χ2n) is 6.49. The number of aromatic hydroxyl groups is 2. The molecule has 4 nitrogen and oxygen atoms in total. The van der Waals surface area contributed by atoms with Crippen LogP contribution in [0.4, 0.5) is 5.69 Å². The van der Waals surface area contributed by atoms with Gasteiger partial charge in [-0.15, -0.1) is 0 Å². The van der Waals surface area contributed by atoms with E-state index in [1.54, 1.807) is 18.2 Å². The number of hydrogen-bond acceptors (Lipinski definition) is 4. The third kappa shape index (κ3) is 4.29. The van der Waals surface area contributed by atoms with Crippen molar-refractivity contribution in [2.24, 2.45) is 4.99 Å². The number of phenolic OH excluding ortho intramolecular Hbond substituents is 2. The van der Waals surface area contributed by atoms with Crippen LogP contribution in [0.1, 0.15) is 38.8 Å². The Bertz CT molecular complexity index is 764. The first-order valence-corrected chi connectivity index (χ1v) is 8.54. The molecule has 0 unspecified atom stereocenters. The van der Waals surface area contributed by atoms with Crippen LogP contribution in [0.3, 0.4) is 0 Å². The summed E-state index contributed by atoms with van der Waals surface area (Å²) in [6.45, 7) is 8.60. The van der Waals surface area contributed by atoms with E-state index in [1.165, 1.54) is 6.21 Å². The molecule has 0 aliphatic rings. The zero-order valence-corrected chi connectivity index (χ0v) is 15.9. The van der Waals surface area contributed by atoms with Gasteiger partial charge in [-0.05, 0) is 42.2 Å². The Kier molecular flexibility index (Phi) is 5.54. The number of hydrogen-bond donors (Lipinski definition) is 2. The van der Waals surface area contributed by atoms with Gasteiger partial charge in [0.1, 0.15) is 11.4 Å². The molecular formula is C19H22BrNO3. The normalized spacial score (nSPS) is 11.9. The molecule has 0 saturated carbocycles. The minimum atomic E-state index is -0.0436. The minimum absolute atomic E-state index is 0.0234. The summed E-state index contributed by atoms with van der Waals surface area (Å²) < 4.78 is 6.18. The lowest BCUT2D eigenvalue weighted by molar-refractivity contribution is 0.317. The fourth-order valence-corrected chi connectivity index (χ4v) is 2.65. The second kappa shape index (κ2) is 7.26. The van der Waals surface area contributed by atoms with Gasteiger partial charge in [0.2, 0.25) is 0 Å². The Hall–Kier alpha value is -2.01. The van der Waals surface area contributed by atoms with E-state index in [0.29, 0.717) is 23.6 Å². The molecular weight excluding hydrogens is 370 g/mol. The van der Waals surface area contributed by atoms with E-state index in [9.17, 15) is 10.2 Å². The van der Waals surface area contributed by atoms with E-state index in [1.807, 2.05) is 19.1 Å². The third-order valence-corrected chi connectivity index (χ3v) is 4.01. The molecule has 0 spiro atoms. The van der Waals surface area contributed by atoms with Gasteiger partial charge in [-0.1, -0.05) is 42.8 Å². The quantitative estimate of drug-likeness (QED) is 0.694. The van der Waals surface area contributed by atoms with Crippen molar-refractivity contribution in [3.63, 3.8) is 0 Å². The van der Waals surface area contributed by atoms with E-state index >= 15 is 0 Å². The summed E-state index contributed by atoms with van der Waals surface area (Å²) in [6, 6.07) is 8.82. The zero-order chi connectivity index (χ0) is 17.9. The van der Waals surface area contributed by atoms with Crippen molar-refractivity contribution in [3.05, 3.63) is 45.9 Å². The predicted molar refractivity (Wildman–Crippen MR) is 101 cm³/mol. The molecule has 2 rings (SSSR count). The lowest BCUT2D eigenvalue weighted by atomic mass is 9.87. The molecule has 0 heterocycles. The molecule has 0 radical (unpaired) electrons. The summed E-state index contributed by atoms with van der Waals surface area (Å²) in [5, 5.41) is 20.3. The Morgan fingerprint density at radius 3 is 2.50 bits per heavy atom. The van der Waals surface area contributed by atoms with Gasteiger partial charge >= 0.3 is 0 Å². The van der Waals surface area contributed by atoms with E-state index in [-0.39, 0.29) is 16.9 Å². The SMILES string of the molecule is CCOc1cc(Br)cc(/C=N/c2cc(C(C)(C)C)ccc2O)c1O. The van der Waals surface area contributed by atoms with Gasteiger partial charge in [-0.3, -0.25) is 4.99 Å². The van der Waals surface area contributed by atoms with Crippen LogP contribution in [0, 0.1) is 0 Å². The molecule has 2 aromatic rings. The lowest BCUT2D eigenvalue weighted by Gasteiger charge is -2.19. The monoisotopic (exact) mass is 391 g/mol. The molecule has 0 aliphatic heterocycles. The molecule has 0 atom stereocenters. The van der Waals surface area contributed by atoms with Crippen LogP contribution in [0.15, 0.2) is 39.8 Å². The molecule has 0 fully saturated rings. The average Bonchev–Trinajstić information content (AvgIpc) is 2.49. The van der Waals surface area contributed by atoms with Crippen LogP contribution in [0.5, 0.6) is 17.2 Å². The topological polar surface area (TPSA) is 62.0 Å². The number of nitrogens with zero attached hydrogens (tertiary/aromatic N) is 1. The van der Waals surface area contributed by atoms with Crippen molar-refractivity contribution in [1.29, 1.82) is 0 Å². The first-order valence-electron chi connectivity index (χ1n) is 7.75. The van der Waals surface area contributed by atoms with Gasteiger partial charge in [0, 0.05) is 16.3 Å². The first kappa shape index (κ1) is 18.3. The highest BCUT2D eigenvalue weighted by Gasteiger charge is 2.15. The second-order valence-corrected chi connectivity index (χ2v) is 7.40. The number of benzene rings is 2. The Balaban J connectivity index is 2.41. The number of halogens is 1. The molecule has 0 saturated heterocycles. The van der Waals surface area contributed by atoms with E-state index in [2.05, 4.69) is 41.7 Å². The minimum Gasteiger partial charge on any atom is -0.506 e. The molecule has 24 heavy (non-hydrogen) atoms. The van der Waals surface area contributed by atoms with Gasteiger partial charge in [0.15, 0.2) is 11.5 Å². The number of ether oxygens (including phenoxy) is 1. The lowest BCUT2D eigenvalue weighted by Crippen LogP contribution is -2.10. The zero-order valence-electron chi connectivity index (χ0n) is 14.3. The van der Waals surface area contributed by atoms with Crippen LogP contribution in [0.2, 0.25) is 0 Å². The maximum Gasteiger partial charge on any atom is 0.166 e. The van der Waals surface area contributed by atoms with Gasteiger partial charge in [0.25, 0.3) is 0 Å². The number of phenols is 2. The summed E-state index contributed by atoms with van der Waals surface area (Å²) >= 11 is 3.39. The summed E-state index contributed by atoms with van der Waals surface area (Å²) in [4.78, 5) is 4.34. The largest absolute Gasteiger partial charge is 0.506 e. The molecule has 0 aliphatic carbocycles. The summed E-state index contributed by atoms with van der Waals surface area (Å²) in [5.74, 6) is 0.509.